The van der Waals surface area contributed by atoms with Crippen molar-refractivity contribution in [3.05, 3.63) is 35.4 Å². The van der Waals surface area contributed by atoms with Crippen LogP contribution in [-0.2, 0) is 11.3 Å². The highest BCUT2D eigenvalue weighted by atomic mass is 19.2. The van der Waals surface area contributed by atoms with Crippen LogP contribution in [0.25, 0.3) is 0 Å². The largest absolute Gasteiger partial charge is 0.352 e. The van der Waals surface area contributed by atoms with Gasteiger partial charge < -0.3 is 10.6 Å². The standard InChI is InChI=1S/C13H16F2N2O/c14-11-2-1-9(7-12(11)15)8-17-13(18)10-3-5-16-6-4-10/h1-2,7,10,16H,3-6,8H2,(H,17,18). The topological polar surface area (TPSA) is 41.1 Å². The minimum atomic E-state index is -0.886. The maximum absolute atomic E-state index is 13.0. The summed E-state index contributed by atoms with van der Waals surface area (Å²) in [4.78, 5) is 11.8. The predicted octanol–water partition coefficient (Wildman–Crippen LogP) is 1.58. The second-order valence-corrected chi connectivity index (χ2v) is 4.49. The van der Waals surface area contributed by atoms with E-state index in [1.165, 1.54) is 6.07 Å². The van der Waals surface area contributed by atoms with E-state index in [-0.39, 0.29) is 18.4 Å². The molecule has 3 nitrogen and oxygen atoms in total. The molecule has 0 atom stereocenters. The smallest absolute Gasteiger partial charge is 0.223 e. The number of hydrogen-bond donors (Lipinski definition) is 2. The second-order valence-electron chi connectivity index (χ2n) is 4.49. The number of hydrogen-bond acceptors (Lipinski definition) is 2. The lowest BCUT2D eigenvalue weighted by atomic mass is 9.97. The molecule has 1 aromatic carbocycles. The number of carbonyl (C=O) groups is 1. The fraction of sp³-hybridized carbons (Fsp3) is 0.462. The normalized spacial score (nSPS) is 16.6. The van der Waals surface area contributed by atoms with Gasteiger partial charge in [0.2, 0.25) is 5.91 Å². The maximum atomic E-state index is 13.0. The molecule has 0 radical (unpaired) electrons. The summed E-state index contributed by atoms with van der Waals surface area (Å²) in [6, 6.07) is 3.65. The van der Waals surface area contributed by atoms with Crippen molar-refractivity contribution in [1.82, 2.24) is 10.6 Å². The Balaban J connectivity index is 1.86. The van der Waals surface area contributed by atoms with Gasteiger partial charge in [-0.05, 0) is 43.6 Å². The van der Waals surface area contributed by atoms with E-state index in [1.54, 1.807) is 0 Å². The van der Waals surface area contributed by atoms with Crippen LogP contribution >= 0.6 is 0 Å². The lowest BCUT2D eigenvalue weighted by molar-refractivity contribution is -0.125. The summed E-state index contributed by atoms with van der Waals surface area (Å²) in [5, 5.41) is 5.95. The van der Waals surface area contributed by atoms with Crippen molar-refractivity contribution < 1.29 is 13.6 Å². The molecule has 0 spiro atoms. The lowest BCUT2D eigenvalue weighted by Gasteiger charge is -2.21. The van der Waals surface area contributed by atoms with Crippen molar-refractivity contribution >= 4 is 5.91 Å². The van der Waals surface area contributed by atoms with Gasteiger partial charge in [0.1, 0.15) is 0 Å². The highest BCUT2D eigenvalue weighted by Crippen LogP contribution is 2.12. The summed E-state index contributed by atoms with van der Waals surface area (Å²) in [6.45, 7) is 1.94. The third-order valence-corrected chi connectivity index (χ3v) is 3.16. The summed E-state index contributed by atoms with van der Waals surface area (Å²) in [6.07, 6.45) is 1.65. The molecule has 2 rings (SSSR count). The van der Waals surface area contributed by atoms with Gasteiger partial charge in [0, 0.05) is 12.5 Å². The summed E-state index contributed by atoms with van der Waals surface area (Å²) >= 11 is 0. The molecule has 98 valence electrons. The molecule has 0 aliphatic carbocycles. The van der Waals surface area contributed by atoms with Gasteiger partial charge in [0.05, 0.1) is 0 Å². The minimum absolute atomic E-state index is 0.0127. The Morgan fingerprint density at radius 2 is 2.00 bits per heavy atom. The van der Waals surface area contributed by atoms with Crippen molar-refractivity contribution in [2.45, 2.75) is 19.4 Å². The zero-order valence-corrected chi connectivity index (χ0v) is 10.0. The van der Waals surface area contributed by atoms with Gasteiger partial charge >= 0.3 is 0 Å². The van der Waals surface area contributed by atoms with E-state index in [1.807, 2.05) is 0 Å². The fourth-order valence-electron chi connectivity index (χ4n) is 2.07. The highest BCUT2D eigenvalue weighted by Gasteiger charge is 2.20. The van der Waals surface area contributed by atoms with Crippen molar-refractivity contribution in [2.75, 3.05) is 13.1 Å². The second kappa shape index (κ2) is 5.91. The van der Waals surface area contributed by atoms with Crippen LogP contribution in [0.2, 0.25) is 0 Å². The summed E-state index contributed by atoms with van der Waals surface area (Å²) in [7, 11) is 0. The molecule has 2 N–H and O–H groups in total. The molecule has 0 bridgehead atoms. The van der Waals surface area contributed by atoms with Crippen LogP contribution in [0.3, 0.4) is 0 Å². The van der Waals surface area contributed by atoms with Gasteiger partial charge in [-0.15, -0.1) is 0 Å². The monoisotopic (exact) mass is 254 g/mol. The Labute approximate surface area is 105 Å². The quantitative estimate of drug-likeness (QED) is 0.860. The number of carbonyl (C=O) groups excluding carboxylic acids is 1. The fourth-order valence-corrected chi connectivity index (χ4v) is 2.07. The average molecular weight is 254 g/mol. The Kier molecular flexibility index (Phi) is 4.25. The van der Waals surface area contributed by atoms with Crippen LogP contribution in [0.15, 0.2) is 18.2 Å². The Morgan fingerprint density at radius 1 is 1.28 bits per heavy atom. The molecule has 5 heteroatoms. The highest BCUT2D eigenvalue weighted by molar-refractivity contribution is 5.78. The minimum Gasteiger partial charge on any atom is -0.352 e. The van der Waals surface area contributed by atoms with E-state index in [9.17, 15) is 13.6 Å². The maximum Gasteiger partial charge on any atom is 0.223 e. The van der Waals surface area contributed by atoms with E-state index in [0.29, 0.717) is 5.56 Å². The van der Waals surface area contributed by atoms with Gasteiger partial charge in [-0.1, -0.05) is 6.07 Å². The van der Waals surface area contributed by atoms with E-state index in [2.05, 4.69) is 10.6 Å². The van der Waals surface area contributed by atoms with Gasteiger partial charge in [-0.25, -0.2) is 8.78 Å². The number of amides is 1. The molecule has 18 heavy (non-hydrogen) atoms. The molecule has 1 fully saturated rings. The molecule has 0 unspecified atom stereocenters. The summed E-state index contributed by atoms with van der Waals surface area (Å²) < 4.78 is 25.7. The zero-order chi connectivity index (χ0) is 13.0. The molecule has 0 saturated carbocycles. The van der Waals surface area contributed by atoms with Crippen LogP contribution in [0.5, 0.6) is 0 Å². The van der Waals surface area contributed by atoms with Gasteiger partial charge in [0.15, 0.2) is 11.6 Å². The number of nitrogens with one attached hydrogen (secondary N) is 2. The molecule has 1 amide bonds. The van der Waals surface area contributed by atoms with Gasteiger partial charge in [-0.2, -0.15) is 0 Å². The molecule has 0 aromatic heterocycles. The predicted molar refractivity (Wildman–Crippen MR) is 63.8 cm³/mol. The molecule has 1 aromatic rings. The van der Waals surface area contributed by atoms with Gasteiger partial charge in [-0.3, -0.25) is 4.79 Å². The third-order valence-electron chi connectivity index (χ3n) is 3.16. The van der Waals surface area contributed by atoms with E-state index in [4.69, 9.17) is 0 Å². The lowest BCUT2D eigenvalue weighted by Crippen LogP contribution is -2.37. The summed E-state index contributed by atoms with van der Waals surface area (Å²) in [5.74, 6) is -1.75. The van der Waals surface area contributed by atoms with Crippen LogP contribution < -0.4 is 10.6 Å². The van der Waals surface area contributed by atoms with Crippen LogP contribution in [0.4, 0.5) is 8.78 Å². The molecule has 1 aliphatic rings. The molecule has 1 aliphatic heterocycles. The van der Waals surface area contributed by atoms with E-state index >= 15 is 0 Å². The first-order valence-electron chi connectivity index (χ1n) is 6.09. The number of rotatable bonds is 3. The number of benzene rings is 1. The third kappa shape index (κ3) is 3.26. The van der Waals surface area contributed by atoms with E-state index < -0.39 is 11.6 Å². The van der Waals surface area contributed by atoms with Gasteiger partial charge in [0.25, 0.3) is 0 Å². The first kappa shape index (κ1) is 13.0. The molecular formula is C13H16F2N2O. The number of halogens is 2. The van der Waals surface area contributed by atoms with Crippen molar-refractivity contribution in [3.8, 4) is 0 Å². The first-order valence-corrected chi connectivity index (χ1v) is 6.09. The molecule has 1 saturated heterocycles. The average Bonchev–Trinajstić information content (AvgIpc) is 2.41. The SMILES string of the molecule is O=C(NCc1ccc(F)c(F)c1)C1CCNCC1. The van der Waals surface area contributed by atoms with Crippen molar-refractivity contribution in [1.29, 1.82) is 0 Å². The van der Waals surface area contributed by atoms with Crippen molar-refractivity contribution in [2.24, 2.45) is 5.92 Å². The number of piperidine rings is 1. The molecular weight excluding hydrogens is 238 g/mol. The Morgan fingerprint density at radius 3 is 2.67 bits per heavy atom. The van der Waals surface area contributed by atoms with Crippen molar-refractivity contribution in [3.63, 3.8) is 0 Å². The van der Waals surface area contributed by atoms with Crippen LogP contribution in [0.1, 0.15) is 18.4 Å². The van der Waals surface area contributed by atoms with E-state index in [0.717, 1.165) is 38.1 Å². The first-order chi connectivity index (χ1) is 8.66. The zero-order valence-electron chi connectivity index (χ0n) is 10.0. The van der Waals surface area contributed by atoms with Crippen LogP contribution in [-0.4, -0.2) is 19.0 Å². The Bertz CT molecular complexity index is 431. The Hall–Kier alpha value is -1.49. The summed E-state index contributed by atoms with van der Waals surface area (Å²) in [5.41, 5.74) is 0.566. The van der Waals surface area contributed by atoms with Crippen LogP contribution in [0, 0.1) is 17.6 Å². The molecule has 1 heterocycles.